The minimum Gasteiger partial charge on any atom is -0.361 e. The summed E-state index contributed by atoms with van der Waals surface area (Å²) < 4.78 is 0. The third-order valence-corrected chi connectivity index (χ3v) is 1.92. The molecule has 0 saturated carbocycles. The average Bonchev–Trinajstić information content (AvgIpc) is 2.50. The lowest BCUT2D eigenvalue weighted by Gasteiger charge is -1.90. The number of nitrogens with zero attached hydrogens (tertiary/aromatic N) is 1. The molecule has 0 spiro atoms. The van der Waals surface area contributed by atoms with Crippen molar-refractivity contribution in [1.82, 2.24) is 4.98 Å². The highest BCUT2D eigenvalue weighted by Crippen LogP contribution is 2.17. The van der Waals surface area contributed by atoms with Gasteiger partial charge in [0.05, 0.1) is 6.54 Å². The molecule has 2 rings (SSSR count). The summed E-state index contributed by atoms with van der Waals surface area (Å²) >= 11 is 0. The first kappa shape index (κ1) is 7.03. The van der Waals surface area contributed by atoms with Crippen LogP contribution in [0.5, 0.6) is 0 Å². The van der Waals surface area contributed by atoms with Crippen molar-refractivity contribution in [1.29, 1.82) is 5.53 Å². The molecule has 0 aliphatic rings. The number of rotatable bonds is 2. The zero-order valence-electron chi connectivity index (χ0n) is 6.54. The molecule has 0 bridgehead atoms. The van der Waals surface area contributed by atoms with Crippen LogP contribution in [-0.4, -0.2) is 4.98 Å². The maximum Gasteiger partial charge on any atom is 0.0867 e. The molecule has 0 unspecified atom stereocenters. The molecular weight excluding hydrogens is 150 g/mol. The second-order valence-corrected chi connectivity index (χ2v) is 2.68. The Hall–Kier alpha value is -1.64. The van der Waals surface area contributed by atoms with Gasteiger partial charge in [0, 0.05) is 22.7 Å². The topological polar surface area (TPSA) is 52.0 Å². The van der Waals surface area contributed by atoms with Crippen molar-refractivity contribution in [2.24, 2.45) is 5.11 Å². The molecule has 1 aromatic heterocycles. The Balaban J connectivity index is 2.62. The van der Waals surface area contributed by atoms with Crippen molar-refractivity contribution in [3.8, 4) is 0 Å². The monoisotopic (exact) mass is 159 g/mol. The van der Waals surface area contributed by atoms with E-state index in [1.54, 1.807) is 0 Å². The van der Waals surface area contributed by atoms with Crippen LogP contribution in [0.2, 0.25) is 0 Å². The SMILES string of the molecule is N=NCc1c[nH]c2ccccc12. The van der Waals surface area contributed by atoms with Crippen LogP contribution in [-0.2, 0) is 6.54 Å². The zero-order valence-corrected chi connectivity index (χ0v) is 6.54. The van der Waals surface area contributed by atoms with Crippen molar-refractivity contribution in [2.45, 2.75) is 6.54 Å². The summed E-state index contributed by atoms with van der Waals surface area (Å²) in [5.41, 5.74) is 8.96. The molecule has 0 aliphatic heterocycles. The highest BCUT2D eigenvalue weighted by atomic mass is 14.9. The first-order valence-electron chi connectivity index (χ1n) is 3.80. The van der Waals surface area contributed by atoms with Gasteiger partial charge in [-0.1, -0.05) is 18.2 Å². The Bertz CT molecular complexity index is 403. The molecule has 2 N–H and O–H groups in total. The minimum absolute atomic E-state index is 0.462. The number of nitrogens with one attached hydrogen (secondary N) is 2. The van der Waals surface area contributed by atoms with E-state index in [-0.39, 0.29) is 0 Å². The van der Waals surface area contributed by atoms with Crippen molar-refractivity contribution < 1.29 is 0 Å². The van der Waals surface area contributed by atoms with Crippen LogP contribution in [0.1, 0.15) is 5.56 Å². The highest BCUT2D eigenvalue weighted by molar-refractivity contribution is 5.82. The van der Waals surface area contributed by atoms with Crippen LogP contribution >= 0.6 is 0 Å². The molecule has 1 heterocycles. The molecule has 0 aliphatic carbocycles. The lowest BCUT2D eigenvalue weighted by Crippen LogP contribution is -1.74. The van der Waals surface area contributed by atoms with E-state index in [9.17, 15) is 0 Å². The quantitative estimate of drug-likeness (QED) is 0.633. The summed E-state index contributed by atoms with van der Waals surface area (Å²) in [6.45, 7) is 0.462. The van der Waals surface area contributed by atoms with E-state index in [0.717, 1.165) is 16.5 Å². The van der Waals surface area contributed by atoms with Crippen LogP contribution in [0.3, 0.4) is 0 Å². The van der Waals surface area contributed by atoms with Crippen LogP contribution in [0.4, 0.5) is 0 Å². The average molecular weight is 159 g/mol. The lowest BCUT2D eigenvalue weighted by molar-refractivity contribution is 0.914. The maximum atomic E-state index is 6.77. The molecule has 60 valence electrons. The third kappa shape index (κ3) is 0.993. The van der Waals surface area contributed by atoms with Gasteiger partial charge in [-0.25, -0.2) is 5.53 Å². The largest absolute Gasteiger partial charge is 0.361 e. The Morgan fingerprint density at radius 1 is 1.33 bits per heavy atom. The Labute approximate surface area is 69.9 Å². The molecule has 0 saturated heterocycles. The molecule has 2 aromatic rings. The molecule has 0 radical (unpaired) electrons. The van der Waals surface area contributed by atoms with Gasteiger partial charge in [-0.3, -0.25) is 0 Å². The number of para-hydroxylation sites is 1. The summed E-state index contributed by atoms with van der Waals surface area (Å²) in [6, 6.07) is 8.03. The standard InChI is InChI=1S/C9H9N3/c10-12-6-7-5-11-9-4-2-1-3-8(7)9/h1-5,10-11H,6H2. The number of benzene rings is 1. The van der Waals surface area contributed by atoms with E-state index in [4.69, 9.17) is 5.53 Å². The predicted molar refractivity (Wildman–Crippen MR) is 47.2 cm³/mol. The van der Waals surface area contributed by atoms with Gasteiger partial charge in [0.2, 0.25) is 0 Å². The van der Waals surface area contributed by atoms with Gasteiger partial charge in [-0.15, -0.1) is 0 Å². The van der Waals surface area contributed by atoms with Gasteiger partial charge < -0.3 is 4.98 Å². The number of hydrogen-bond acceptors (Lipinski definition) is 2. The number of H-pyrrole nitrogens is 1. The van der Waals surface area contributed by atoms with Crippen LogP contribution in [0.15, 0.2) is 35.6 Å². The predicted octanol–water partition coefficient (Wildman–Crippen LogP) is 2.70. The maximum absolute atomic E-state index is 6.77. The summed E-state index contributed by atoms with van der Waals surface area (Å²) in [5, 5.41) is 4.52. The Kier molecular flexibility index (Phi) is 1.63. The number of aromatic nitrogens is 1. The zero-order chi connectivity index (χ0) is 8.39. The van der Waals surface area contributed by atoms with E-state index in [1.165, 1.54) is 0 Å². The van der Waals surface area contributed by atoms with Gasteiger partial charge >= 0.3 is 0 Å². The fraction of sp³-hybridized carbons (Fsp3) is 0.111. The fourth-order valence-corrected chi connectivity index (χ4v) is 1.35. The molecule has 0 atom stereocenters. The Morgan fingerprint density at radius 2 is 2.17 bits per heavy atom. The molecule has 3 nitrogen and oxygen atoms in total. The van der Waals surface area contributed by atoms with Crippen LogP contribution in [0, 0.1) is 5.53 Å². The second-order valence-electron chi connectivity index (χ2n) is 2.68. The lowest BCUT2D eigenvalue weighted by atomic mass is 10.2. The Morgan fingerprint density at radius 3 is 3.00 bits per heavy atom. The summed E-state index contributed by atoms with van der Waals surface area (Å²) in [6.07, 6.45) is 1.91. The summed E-state index contributed by atoms with van der Waals surface area (Å²) in [5.74, 6) is 0. The first-order valence-corrected chi connectivity index (χ1v) is 3.80. The normalized spacial score (nSPS) is 10.3. The van der Waals surface area contributed by atoms with E-state index >= 15 is 0 Å². The molecule has 0 amide bonds. The van der Waals surface area contributed by atoms with Crippen molar-refractivity contribution in [2.75, 3.05) is 0 Å². The van der Waals surface area contributed by atoms with E-state index in [0.29, 0.717) is 6.54 Å². The van der Waals surface area contributed by atoms with E-state index < -0.39 is 0 Å². The fourth-order valence-electron chi connectivity index (χ4n) is 1.35. The molecule has 1 aromatic carbocycles. The van der Waals surface area contributed by atoms with Gasteiger partial charge in [-0.05, 0) is 6.07 Å². The van der Waals surface area contributed by atoms with E-state index in [2.05, 4.69) is 10.1 Å². The van der Waals surface area contributed by atoms with Crippen LogP contribution in [0.25, 0.3) is 10.9 Å². The molecule has 0 fully saturated rings. The number of aromatic amines is 1. The van der Waals surface area contributed by atoms with Crippen molar-refractivity contribution >= 4 is 10.9 Å². The molecule has 3 heteroatoms. The number of fused-ring (bicyclic) bond motifs is 1. The van der Waals surface area contributed by atoms with Gasteiger partial charge in [0.25, 0.3) is 0 Å². The summed E-state index contributed by atoms with van der Waals surface area (Å²) in [4.78, 5) is 3.13. The molecular formula is C9H9N3. The van der Waals surface area contributed by atoms with Crippen molar-refractivity contribution in [3.63, 3.8) is 0 Å². The number of hydrogen-bond donors (Lipinski definition) is 2. The van der Waals surface area contributed by atoms with Crippen molar-refractivity contribution in [3.05, 3.63) is 36.0 Å². The van der Waals surface area contributed by atoms with Gasteiger partial charge in [0.15, 0.2) is 0 Å². The van der Waals surface area contributed by atoms with Gasteiger partial charge in [0.1, 0.15) is 0 Å². The van der Waals surface area contributed by atoms with E-state index in [1.807, 2.05) is 30.5 Å². The summed E-state index contributed by atoms with van der Waals surface area (Å²) in [7, 11) is 0. The second kappa shape index (κ2) is 2.77. The minimum atomic E-state index is 0.462. The smallest absolute Gasteiger partial charge is 0.0867 e. The highest BCUT2D eigenvalue weighted by Gasteiger charge is 2.00. The molecule has 12 heavy (non-hydrogen) atoms. The van der Waals surface area contributed by atoms with Gasteiger partial charge in [-0.2, -0.15) is 5.11 Å². The third-order valence-electron chi connectivity index (χ3n) is 1.92. The first-order chi connectivity index (χ1) is 5.92. The van der Waals surface area contributed by atoms with Crippen LogP contribution < -0.4 is 0 Å².